The van der Waals surface area contributed by atoms with Crippen molar-refractivity contribution in [3.05, 3.63) is 88.7 Å². The number of hydrazone groups is 1. The first-order chi connectivity index (χ1) is 16.8. The van der Waals surface area contributed by atoms with Gasteiger partial charge in [0.25, 0.3) is 5.91 Å². The molecule has 0 spiro atoms. The third-order valence-electron chi connectivity index (χ3n) is 5.00. The molecule has 0 bridgehead atoms. The van der Waals surface area contributed by atoms with Crippen molar-refractivity contribution in [1.29, 1.82) is 0 Å². The van der Waals surface area contributed by atoms with Crippen LogP contribution in [-0.4, -0.2) is 31.8 Å². The molecule has 0 saturated carbocycles. The van der Waals surface area contributed by atoms with Crippen molar-refractivity contribution < 1.29 is 28.2 Å². The zero-order valence-corrected chi connectivity index (χ0v) is 20.0. The molecule has 0 radical (unpaired) electrons. The van der Waals surface area contributed by atoms with Crippen molar-refractivity contribution in [3.63, 3.8) is 0 Å². The Morgan fingerprint density at radius 1 is 1.03 bits per heavy atom. The van der Waals surface area contributed by atoms with Crippen molar-refractivity contribution in [2.45, 2.75) is 26.7 Å². The molecular weight excluding hydrogens is 451 g/mol. The summed E-state index contributed by atoms with van der Waals surface area (Å²) in [6.45, 7) is 5.90. The maximum Gasteiger partial charge on any atom is 0.343 e. The van der Waals surface area contributed by atoms with Crippen LogP contribution in [0.1, 0.15) is 46.8 Å². The van der Waals surface area contributed by atoms with Crippen LogP contribution in [-0.2, 0) is 4.79 Å². The summed E-state index contributed by atoms with van der Waals surface area (Å²) >= 11 is 0. The lowest BCUT2D eigenvalue weighted by Gasteiger charge is -2.14. The van der Waals surface area contributed by atoms with Crippen LogP contribution in [0.5, 0.6) is 17.2 Å². The molecule has 1 amide bonds. The van der Waals surface area contributed by atoms with E-state index in [0.29, 0.717) is 11.3 Å². The Bertz CT molecular complexity index is 1240. The Morgan fingerprint density at radius 2 is 1.83 bits per heavy atom. The van der Waals surface area contributed by atoms with Gasteiger partial charge in [0, 0.05) is 0 Å². The summed E-state index contributed by atoms with van der Waals surface area (Å²) in [5, 5.41) is 3.94. The molecule has 0 aliphatic rings. The van der Waals surface area contributed by atoms with Crippen LogP contribution in [0.3, 0.4) is 0 Å². The first kappa shape index (κ1) is 25.4. The second-order valence-electron chi connectivity index (χ2n) is 8.09. The molecule has 0 aliphatic carbocycles. The van der Waals surface area contributed by atoms with E-state index in [1.807, 2.05) is 25.1 Å². The second kappa shape index (κ2) is 11.8. The SMILES string of the molecule is COc1cc(/C=N/NC(=O)COc2cc(C)ccc2C(C)C)ccc1OC(=O)c1cccc(F)c1. The van der Waals surface area contributed by atoms with Gasteiger partial charge in [0.2, 0.25) is 0 Å². The van der Waals surface area contributed by atoms with Crippen molar-refractivity contribution in [2.75, 3.05) is 13.7 Å². The normalized spacial score (nSPS) is 10.9. The number of hydrogen-bond donors (Lipinski definition) is 1. The van der Waals surface area contributed by atoms with Crippen molar-refractivity contribution in [3.8, 4) is 17.2 Å². The summed E-state index contributed by atoms with van der Waals surface area (Å²) in [5.74, 6) is -0.296. The molecular formula is C27H27FN2O5. The fourth-order valence-electron chi connectivity index (χ4n) is 3.22. The minimum Gasteiger partial charge on any atom is -0.493 e. The lowest BCUT2D eigenvalue weighted by molar-refractivity contribution is -0.123. The molecule has 0 heterocycles. The summed E-state index contributed by atoms with van der Waals surface area (Å²) in [7, 11) is 1.42. The highest BCUT2D eigenvalue weighted by atomic mass is 19.1. The number of rotatable bonds is 9. The van der Waals surface area contributed by atoms with Crippen LogP contribution < -0.4 is 19.6 Å². The number of aryl methyl sites for hydroxylation is 1. The Balaban J connectivity index is 1.59. The van der Waals surface area contributed by atoms with Gasteiger partial charge in [-0.2, -0.15) is 5.10 Å². The number of esters is 1. The summed E-state index contributed by atoms with van der Waals surface area (Å²) in [6.07, 6.45) is 1.42. The number of nitrogens with zero attached hydrogens (tertiary/aromatic N) is 1. The minimum atomic E-state index is -0.717. The third-order valence-corrected chi connectivity index (χ3v) is 5.00. The summed E-state index contributed by atoms with van der Waals surface area (Å²) in [4.78, 5) is 24.4. The number of amides is 1. The highest BCUT2D eigenvalue weighted by Crippen LogP contribution is 2.29. The predicted octanol–water partition coefficient (Wildman–Crippen LogP) is 5.01. The van der Waals surface area contributed by atoms with E-state index < -0.39 is 17.7 Å². The minimum absolute atomic E-state index is 0.0776. The lowest BCUT2D eigenvalue weighted by atomic mass is 10.0. The first-order valence-electron chi connectivity index (χ1n) is 11.0. The maximum absolute atomic E-state index is 13.4. The number of methoxy groups -OCH3 is 1. The van der Waals surface area contributed by atoms with E-state index in [-0.39, 0.29) is 29.6 Å². The van der Waals surface area contributed by atoms with Gasteiger partial charge in [-0.1, -0.05) is 32.0 Å². The fourth-order valence-corrected chi connectivity index (χ4v) is 3.22. The molecule has 0 aromatic heterocycles. The smallest absolute Gasteiger partial charge is 0.343 e. The molecule has 3 aromatic rings. The van der Waals surface area contributed by atoms with Crippen LogP contribution >= 0.6 is 0 Å². The Labute approximate surface area is 203 Å². The van der Waals surface area contributed by atoms with E-state index in [0.717, 1.165) is 17.2 Å². The van der Waals surface area contributed by atoms with Gasteiger partial charge in [0.1, 0.15) is 11.6 Å². The van der Waals surface area contributed by atoms with E-state index >= 15 is 0 Å². The van der Waals surface area contributed by atoms with Crippen LogP contribution in [0.25, 0.3) is 0 Å². The summed E-state index contributed by atoms with van der Waals surface area (Å²) in [6, 6.07) is 15.8. The number of nitrogens with one attached hydrogen (secondary N) is 1. The van der Waals surface area contributed by atoms with Crippen molar-refractivity contribution in [1.82, 2.24) is 5.43 Å². The zero-order valence-electron chi connectivity index (χ0n) is 20.0. The Morgan fingerprint density at radius 3 is 2.54 bits per heavy atom. The summed E-state index contributed by atoms with van der Waals surface area (Å²) < 4.78 is 29.7. The van der Waals surface area contributed by atoms with Crippen LogP contribution in [0.2, 0.25) is 0 Å². The molecule has 0 unspecified atom stereocenters. The largest absolute Gasteiger partial charge is 0.493 e. The molecule has 0 fully saturated rings. The van der Waals surface area contributed by atoms with E-state index in [4.69, 9.17) is 14.2 Å². The molecule has 8 heteroatoms. The van der Waals surface area contributed by atoms with E-state index in [1.54, 1.807) is 12.1 Å². The summed E-state index contributed by atoms with van der Waals surface area (Å²) in [5.41, 5.74) is 5.16. The van der Waals surface area contributed by atoms with Gasteiger partial charge in [-0.05, 0) is 72.0 Å². The van der Waals surface area contributed by atoms with Gasteiger partial charge in [-0.3, -0.25) is 4.79 Å². The number of hydrogen-bond acceptors (Lipinski definition) is 6. The molecule has 0 atom stereocenters. The second-order valence-corrected chi connectivity index (χ2v) is 8.09. The molecule has 35 heavy (non-hydrogen) atoms. The number of halogens is 1. The highest BCUT2D eigenvalue weighted by molar-refractivity contribution is 5.91. The number of benzene rings is 3. The number of ether oxygens (including phenoxy) is 3. The molecule has 1 N–H and O–H groups in total. The van der Waals surface area contributed by atoms with Gasteiger partial charge in [-0.25, -0.2) is 14.6 Å². The lowest BCUT2D eigenvalue weighted by Crippen LogP contribution is -2.25. The maximum atomic E-state index is 13.4. The zero-order chi connectivity index (χ0) is 25.4. The van der Waals surface area contributed by atoms with Gasteiger partial charge in [0.15, 0.2) is 18.1 Å². The van der Waals surface area contributed by atoms with E-state index in [2.05, 4.69) is 24.4 Å². The third kappa shape index (κ3) is 7.14. The molecule has 182 valence electrons. The number of carbonyl (C=O) groups excluding carboxylic acids is 2. The average Bonchev–Trinajstić information content (AvgIpc) is 2.83. The monoisotopic (exact) mass is 478 g/mol. The molecule has 7 nitrogen and oxygen atoms in total. The average molecular weight is 479 g/mol. The van der Waals surface area contributed by atoms with E-state index in [1.165, 1.54) is 37.6 Å². The standard InChI is InChI=1S/C27H27FN2O5/c1-17(2)22-10-8-18(3)12-24(22)34-16-26(31)30-29-15-19-9-11-23(25(13-19)33-4)35-27(32)20-6-5-7-21(28)14-20/h5-15,17H,16H2,1-4H3,(H,30,31)/b29-15+. The molecule has 0 aliphatic heterocycles. The van der Waals surface area contributed by atoms with Crippen LogP contribution in [0, 0.1) is 12.7 Å². The van der Waals surface area contributed by atoms with E-state index in [9.17, 15) is 14.0 Å². The van der Waals surface area contributed by atoms with Gasteiger partial charge in [-0.15, -0.1) is 0 Å². The van der Waals surface area contributed by atoms with Crippen LogP contribution in [0.4, 0.5) is 4.39 Å². The number of carbonyl (C=O) groups is 2. The molecule has 3 aromatic carbocycles. The van der Waals surface area contributed by atoms with Gasteiger partial charge < -0.3 is 14.2 Å². The highest BCUT2D eigenvalue weighted by Gasteiger charge is 2.14. The van der Waals surface area contributed by atoms with Crippen molar-refractivity contribution in [2.24, 2.45) is 5.10 Å². The molecule has 0 saturated heterocycles. The van der Waals surface area contributed by atoms with Gasteiger partial charge in [0.05, 0.1) is 18.9 Å². The fraction of sp³-hybridized carbons (Fsp3) is 0.222. The first-order valence-corrected chi connectivity index (χ1v) is 11.0. The Kier molecular flexibility index (Phi) is 8.56. The molecule has 3 rings (SSSR count). The topological polar surface area (TPSA) is 86.2 Å². The van der Waals surface area contributed by atoms with Gasteiger partial charge >= 0.3 is 5.97 Å². The predicted molar refractivity (Wildman–Crippen MR) is 131 cm³/mol. The van der Waals surface area contributed by atoms with Crippen molar-refractivity contribution >= 4 is 18.1 Å². The quantitative estimate of drug-likeness (QED) is 0.202. The Hall–Kier alpha value is -4.20. The van der Waals surface area contributed by atoms with Crippen LogP contribution in [0.15, 0.2) is 65.8 Å².